The Morgan fingerprint density at radius 2 is 2.50 bits per heavy atom. The van der Waals surface area contributed by atoms with Crippen LogP contribution in [0.5, 0.6) is 0 Å². The Kier molecular flexibility index (Phi) is 2.73. The second-order valence-corrected chi connectivity index (χ2v) is 2.72. The van der Waals surface area contributed by atoms with Gasteiger partial charge in [0.15, 0.2) is 0 Å². The van der Waals surface area contributed by atoms with Gasteiger partial charge < -0.3 is 4.74 Å². The summed E-state index contributed by atoms with van der Waals surface area (Å²) in [4.78, 5) is 0. The lowest BCUT2D eigenvalue weighted by Crippen LogP contribution is -2.17. The van der Waals surface area contributed by atoms with E-state index in [1.165, 1.54) is 6.42 Å². The summed E-state index contributed by atoms with van der Waals surface area (Å²) in [5.74, 6) is 0.579. The first kappa shape index (κ1) is 7.59. The first-order valence-electron chi connectivity index (χ1n) is 3.78. The molecule has 0 amide bonds. The molecule has 0 fully saturated rings. The molecule has 1 aliphatic carbocycles. The van der Waals surface area contributed by atoms with E-state index in [0.29, 0.717) is 12.0 Å². The van der Waals surface area contributed by atoms with Crippen LogP contribution in [0.25, 0.3) is 0 Å². The molecule has 56 valence electrons. The van der Waals surface area contributed by atoms with Crippen molar-refractivity contribution in [2.45, 2.75) is 25.9 Å². The molecule has 2 unspecified atom stereocenters. The summed E-state index contributed by atoms with van der Waals surface area (Å²) < 4.78 is 5.20. The molecule has 0 N–H and O–H groups in total. The number of rotatable bonds is 2. The monoisotopic (exact) mass is 138 g/mol. The molecule has 0 bridgehead atoms. The van der Waals surface area contributed by atoms with E-state index in [-0.39, 0.29) is 0 Å². The zero-order chi connectivity index (χ0) is 7.40. The van der Waals surface area contributed by atoms with Crippen molar-refractivity contribution in [2.75, 3.05) is 7.11 Å². The molecule has 1 rings (SSSR count). The zero-order valence-corrected chi connectivity index (χ0v) is 6.63. The Hall–Kier alpha value is -0.520. The van der Waals surface area contributed by atoms with Crippen LogP contribution >= 0.6 is 0 Å². The molecule has 0 aliphatic heterocycles. The lowest BCUT2D eigenvalue weighted by molar-refractivity contribution is 0.0807. The van der Waals surface area contributed by atoms with E-state index in [2.05, 4.69) is 24.8 Å². The summed E-state index contributed by atoms with van der Waals surface area (Å²) in [6.45, 7) is 2.11. The van der Waals surface area contributed by atoms with Crippen LogP contribution in [0.2, 0.25) is 0 Å². The highest BCUT2D eigenvalue weighted by Crippen LogP contribution is 2.17. The highest BCUT2D eigenvalue weighted by molar-refractivity contribution is 4.97. The molecular formula is C9H14O. The standard InChI is InChI=1S/C9H14O/c1-8(10-2)9-6-4-3-5-7-9/h3,7-9H,4,6H2,1-2H3. The quantitative estimate of drug-likeness (QED) is 0.531. The van der Waals surface area contributed by atoms with Gasteiger partial charge in [0.25, 0.3) is 0 Å². The average Bonchev–Trinajstić information content (AvgIpc) is 2.05. The van der Waals surface area contributed by atoms with Crippen LogP contribution in [-0.4, -0.2) is 13.2 Å². The fraction of sp³-hybridized carbons (Fsp3) is 0.667. The van der Waals surface area contributed by atoms with Crippen molar-refractivity contribution in [3.8, 4) is 0 Å². The summed E-state index contributed by atoms with van der Waals surface area (Å²) in [5, 5.41) is 0. The largest absolute Gasteiger partial charge is 0.381 e. The van der Waals surface area contributed by atoms with E-state index in [1.54, 1.807) is 7.11 Å². The third kappa shape index (κ3) is 1.73. The minimum absolute atomic E-state index is 0.348. The van der Waals surface area contributed by atoms with Gasteiger partial charge in [-0.1, -0.05) is 0 Å². The van der Waals surface area contributed by atoms with Gasteiger partial charge in [0.1, 0.15) is 0 Å². The predicted molar refractivity (Wildman–Crippen MR) is 41.8 cm³/mol. The van der Waals surface area contributed by atoms with Crippen LogP contribution in [0.15, 0.2) is 17.9 Å². The Morgan fingerprint density at radius 3 is 3.00 bits per heavy atom. The van der Waals surface area contributed by atoms with Gasteiger partial charge in [0, 0.05) is 13.0 Å². The summed E-state index contributed by atoms with van der Waals surface area (Å²) in [5.41, 5.74) is 3.12. The van der Waals surface area contributed by atoms with Gasteiger partial charge in [-0.15, -0.1) is 5.73 Å². The molecule has 2 atom stereocenters. The van der Waals surface area contributed by atoms with Crippen molar-refractivity contribution in [3.63, 3.8) is 0 Å². The lowest BCUT2D eigenvalue weighted by Gasteiger charge is -2.19. The third-order valence-corrected chi connectivity index (χ3v) is 2.05. The molecule has 0 saturated heterocycles. The van der Waals surface area contributed by atoms with Crippen LogP contribution in [0, 0.1) is 5.92 Å². The van der Waals surface area contributed by atoms with Gasteiger partial charge in [-0.05, 0) is 31.9 Å². The van der Waals surface area contributed by atoms with E-state index < -0.39 is 0 Å². The third-order valence-electron chi connectivity index (χ3n) is 2.05. The van der Waals surface area contributed by atoms with E-state index in [9.17, 15) is 0 Å². The van der Waals surface area contributed by atoms with Crippen molar-refractivity contribution >= 4 is 0 Å². The van der Waals surface area contributed by atoms with Crippen molar-refractivity contribution in [1.82, 2.24) is 0 Å². The van der Waals surface area contributed by atoms with E-state index in [0.717, 1.165) is 6.42 Å². The highest BCUT2D eigenvalue weighted by Gasteiger charge is 2.13. The molecule has 0 aromatic heterocycles. The maximum atomic E-state index is 5.20. The highest BCUT2D eigenvalue weighted by atomic mass is 16.5. The molecule has 0 radical (unpaired) electrons. The SMILES string of the molecule is COC(C)C1C=C=CCC1. The van der Waals surface area contributed by atoms with Gasteiger partial charge in [0.2, 0.25) is 0 Å². The molecular weight excluding hydrogens is 124 g/mol. The molecule has 0 heterocycles. The first-order chi connectivity index (χ1) is 4.84. The Balaban J connectivity index is 2.48. The number of methoxy groups -OCH3 is 1. The molecule has 0 saturated carbocycles. The van der Waals surface area contributed by atoms with Gasteiger partial charge >= 0.3 is 0 Å². The van der Waals surface area contributed by atoms with Gasteiger partial charge in [0.05, 0.1) is 6.10 Å². The fourth-order valence-corrected chi connectivity index (χ4v) is 1.18. The van der Waals surface area contributed by atoms with Crippen LogP contribution in [0.4, 0.5) is 0 Å². The van der Waals surface area contributed by atoms with E-state index in [1.807, 2.05) is 0 Å². The summed E-state index contributed by atoms with van der Waals surface area (Å²) >= 11 is 0. The zero-order valence-electron chi connectivity index (χ0n) is 6.63. The van der Waals surface area contributed by atoms with Crippen molar-refractivity contribution in [2.24, 2.45) is 5.92 Å². The van der Waals surface area contributed by atoms with Crippen molar-refractivity contribution in [1.29, 1.82) is 0 Å². The number of hydrogen-bond acceptors (Lipinski definition) is 1. The first-order valence-corrected chi connectivity index (χ1v) is 3.78. The van der Waals surface area contributed by atoms with Gasteiger partial charge in [-0.25, -0.2) is 0 Å². The molecule has 1 aliphatic rings. The number of ether oxygens (including phenoxy) is 1. The summed E-state index contributed by atoms with van der Waals surface area (Å²) in [6.07, 6.45) is 6.90. The summed E-state index contributed by atoms with van der Waals surface area (Å²) in [6, 6.07) is 0. The number of hydrogen-bond donors (Lipinski definition) is 0. The van der Waals surface area contributed by atoms with Crippen LogP contribution in [0.3, 0.4) is 0 Å². The lowest BCUT2D eigenvalue weighted by atomic mass is 9.95. The maximum absolute atomic E-state index is 5.20. The van der Waals surface area contributed by atoms with E-state index >= 15 is 0 Å². The topological polar surface area (TPSA) is 9.23 Å². The molecule has 0 aromatic carbocycles. The molecule has 1 nitrogen and oxygen atoms in total. The van der Waals surface area contributed by atoms with Gasteiger partial charge in [-0.3, -0.25) is 0 Å². The van der Waals surface area contributed by atoms with Crippen LogP contribution in [-0.2, 0) is 4.74 Å². The molecule has 10 heavy (non-hydrogen) atoms. The van der Waals surface area contributed by atoms with Gasteiger partial charge in [-0.2, -0.15) is 0 Å². The Bertz CT molecular complexity index is 154. The normalized spacial score (nSPS) is 26.8. The fourth-order valence-electron chi connectivity index (χ4n) is 1.18. The average molecular weight is 138 g/mol. The second-order valence-electron chi connectivity index (χ2n) is 2.72. The summed E-state index contributed by atoms with van der Waals surface area (Å²) in [7, 11) is 1.76. The minimum atomic E-state index is 0.348. The minimum Gasteiger partial charge on any atom is -0.381 e. The predicted octanol–water partition coefficient (Wildman–Crippen LogP) is 2.14. The van der Waals surface area contributed by atoms with Crippen molar-refractivity contribution < 1.29 is 4.74 Å². The molecule has 0 aromatic rings. The molecule has 1 heteroatoms. The Labute approximate surface area is 62.4 Å². The van der Waals surface area contributed by atoms with Crippen LogP contribution in [0.1, 0.15) is 19.8 Å². The molecule has 0 spiro atoms. The second kappa shape index (κ2) is 3.60. The smallest absolute Gasteiger partial charge is 0.0611 e. The Morgan fingerprint density at radius 1 is 1.70 bits per heavy atom. The van der Waals surface area contributed by atoms with Crippen molar-refractivity contribution in [3.05, 3.63) is 17.9 Å². The van der Waals surface area contributed by atoms with Crippen LogP contribution < -0.4 is 0 Å². The maximum Gasteiger partial charge on any atom is 0.0611 e. The van der Waals surface area contributed by atoms with E-state index in [4.69, 9.17) is 4.74 Å².